The van der Waals surface area contributed by atoms with Gasteiger partial charge < -0.3 is 10.2 Å². The summed E-state index contributed by atoms with van der Waals surface area (Å²) in [5.74, 6) is 0.724. The molecule has 0 spiro atoms. The largest absolute Gasteiger partial charge is 0.416 e. The second-order valence-electron chi connectivity index (χ2n) is 6.81. The van der Waals surface area contributed by atoms with Crippen molar-refractivity contribution in [3.8, 4) is 0 Å². The van der Waals surface area contributed by atoms with Crippen LogP contribution in [0, 0.1) is 13.8 Å². The molecule has 0 fully saturated rings. The zero-order valence-corrected chi connectivity index (χ0v) is 19.8. The van der Waals surface area contributed by atoms with Gasteiger partial charge in [-0.3, -0.25) is 9.67 Å². The zero-order chi connectivity index (χ0) is 20.9. The molecule has 0 saturated carbocycles. The summed E-state index contributed by atoms with van der Waals surface area (Å²) < 4.78 is 40.0. The minimum absolute atomic E-state index is 0. The lowest BCUT2D eigenvalue weighted by Gasteiger charge is -2.22. The third-order valence-corrected chi connectivity index (χ3v) is 4.68. The van der Waals surface area contributed by atoms with Gasteiger partial charge in [-0.25, -0.2) is 0 Å². The standard InChI is InChI=1S/C20H28F3N5.HI/c1-6-24-19(25-12-11-18-14(2)26-28(5)15(18)3)27(4)13-16-7-9-17(10-8-16)20(21,22)23;/h7-10H,6,11-13H2,1-5H3,(H,24,25);1H. The number of aromatic nitrogens is 2. The second kappa shape index (κ2) is 10.8. The number of guanidine groups is 1. The molecule has 1 aromatic heterocycles. The van der Waals surface area contributed by atoms with Gasteiger partial charge in [0.15, 0.2) is 5.96 Å². The Labute approximate surface area is 187 Å². The maximum atomic E-state index is 12.7. The topological polar surface area (TPSA) is 45.5 Å². The molecule has 1 N–H and O–H groups in total. The van der Waals surface area contributed by atoms with E-state index in [0.29, 0.717) is 19.6 Å². The van der Waals surface area contributed by atoms with Crippen molar-refractivity contribution in [3.63, 3.8) is 0 Å². The first-order valence-electron chi connectivity index (χ1n) is 9.28. The van der Waals surface area contributed by atoms with Gasteiger partial charge in [0, 0.05) is 39.4 Å². The van der Waals surface area contributed by atoms with Crippen LogP contribution in [0.25, 0.3) is 0 Å². The fourth-order valence-electron chi connectivity index (χ4n) is 3.07. The van der Waals surface area contributed by atoms with Crippen LogP contribution in [0.1, 0.15) is 35.0 Å². The Morgan fingerprint density at radius 2 is 1.83 bits per heavy atom. The summed E-state index contributed by atoms with van der Waals surface area (Å²) in [6.45, 7) is 7.80. The minimum Gasteiger partial charge on any atom is -0.357 e. The molecule has 162 valence electrons. The number of hydrogen-bond acceptors (Lipinski definition) is 2. The molecular weight excluding hydrogens is 494 g/mol. The van der Waals surface area contributed by atoms with E-state index in [1.54, 1.807) is 0 Å². The van der Waals surface area contributed by atoms with Gasteiger partial charge in [-0.2, -0.15) is 18.3 Å². The predicted molar refractivity (Wildman–Crippen MR) is 121 cm³/mol. The summed E-state index contributed by atoms with van der Waals surface area (Å²) in [5, 5.41) is 7.66. The second-order valence-corrected chi connectivity index (χ2v) is 6.81. The van der Waals surface area contributed by atoms with Crippen molar-refractivity contribution in [2.45, 2.75) is 39.9 Å². The van der Waals surface area contributed by atoms with Gasteiger partial charge in [-0.15, -0.1) is 24.0 Å². The van der Waals surface area contributed by atoms with Crippen LogP contribution in [0.4, 0.5) is 13.2 Å². The molecule has 5 nitrogen and oxygen atoms in total. The van der Waals surface area contributed by atoms with Crippen molar-refractivity contribution in [3.05, 3.63) is 52.3 Å². The molecule has 2 aromatic rings. The van der Waals surface area contributed by atoms with Crippen LogP contribution in [-0.2, 0) is 26.2 Å². The Balaban J connectivity index is 0.00000420. The van der Waals surface area contributed by atoms with E-state index in [1.165, 1.54) is 17.7 Å². The van der Waals surface area contributed by atoms with Gasteiger partial charge in [-0.05, 0) is 50.5 Å². The van der Waals surface area contributed by atoms with Crippen LogP contribution >= 0.6 is 24.0 Å². The Bertz CT molecular complexity index is 813. The third-order valence-electron chi connectivity index (χ3n) is 4.68. The maximum Gasteiger partial charge on any atom is 0.416 e. The highest BCUT2D eigenvalue weighted by molar-refractivity contribution is 14.0. The van der Waals surface area contributed by atoms with Crippen molar-refractivity contribution in [1.29, 1.82) is 0 Å². The number of nitrogens with one attached hydrogen (secondary N) is 1. The van der Waals surface area contributed by atoms with Gasteiger partial charge >= 0.3 is 6.18 Å². The first kappa shape index (κ1) is 25.3. The fraction of sp³-hybridized carbons (Fsp3) is 0.500. The lowest BCUT2D eigenvalue weighted by Crippen LogP contribution is -2.38. The molecule has 1 aromatic carbocycles. The van der Waals surface area contributed by atoms with Crippen molar-refractivity contribution >= 4 is 29.9 Å². The molecule has 29 heavy (non-hydrogen) atoms. The van der Waals surface area contributed by atoms with E-state index in [4.69, 9.17) is 0 Å². The summed E-state index contributed by atoms with van der Waals surface area (Å²) in [6.07, 6.45) is -3.53. The molecule has 0 aliphatic carbocycles. The summed E-state index contributed by atoms with van der Waals surface area (Å²) >= 11 is 0. The lowest BCUT2D eigenvalue weighted by molar-refractivity contribution is -0.137. The number of halogens is 4. The maximum absolute atomic E-state index is 12.7. The van der Waals surface area contributed by atoms with E-state index in [0.717, 1.165) is 41.5 Å². The molecule has 0 unspecified atom stereocenters. The van der Waals surface area contributed by atoms with Crippen LogP contribution in [-0.4, -0.2) is 40.8 Å². The molecule has 0 radical (unpaired) electrons. The summed E-state index contributed by atoms with van der Waals surface area (Å²) in [4.78, 5) is 6.58. The molecular formula is C20H29F3IN5. The monoisotopic (exact) mass is 523 g/mol. The summed E-state index contributed by atoms with van der Waals surface area (Å²) in [7, 11) is 3.80. The van der Waals surface area contributed by atoms with Gasteiger partial charge in [0.1, 0.15) is 0 Å². The number of nitrogens with zero attached hydrogens (tertiary/aromatic N) is 4. The summed E-state index contributed by atoms with van der Waals surface area (Å²) in [5.41, 5.74) is 3.50. The Hall–Kier alpha value is -1.78. The van der Waals surface area contributed by atoms with E-state index in [9.17, 15) is 13.2 Å². The molecule has 0 aliphatic rings. The molecule has 2 rings (SSSR count). The van der Waals surface area contributed by atoms with Crippen molar-refractivity contribution in [1.82, 2.24) is 20.0 Å². The highest BCUT2D eigenvalue weighted by Gasteiger charge is 2.29. The quantitative estimate of drug-likeness (QED) is 0.349. The SMILES string of the molecule is CCNC(=NCCc1c(C)nn(C)c1C)N(C)Cc1ccc(C(F)(F)F)cc1.I. The van der Waals surface area contributed by atoms with E-state index >= 15 is 0 Å². The van der Waals surface area contributed by atoms with E-state index in [-0.39, 0.29) is 24.0 Å². The smallest absolute Gasteiger partial charge is 0.357 e. The highest BCUT2D eigenvalue weighted by atomic mass is 127. The summed E-state index contributed by atoms with van der Waals surface area (Å²) in [6, 6.07) is 5.24. The normalized spacial score (nSPS) is 11.9. The fourth-order valence-corrected chi connectivity index (χ4v) is 3.07. The van der Waals surface area contributed by atoms with Crippen LogP contribution in [0.15, 0.2) is 29.3 Å². The minimum atomic E-state index is -4.32. The highest BCUT2D eigenvalue weighted by Crippen LogP contribution is 2.29. The van der Waals surface area contributed by atoms with E-state index in [2.05, 4.69) is 15.4 Å². The number of hydrogen-bond donors (Lipinski definition) is 1. The molecule has 0 bridgehead atoms. The van der Waals surface area contributed by atoms with Crippen molar-refractivity contribution in [2.24, 2.45) is 12.0 Å². The van der Waals surface area contributed by atoms with Crippen molar-refractivity contribution in [2.75, 3.05) is 20.1 Å². The molecule has 9 heteroatoms. The average Bonchev–Trinajstić information content (AvgIpc) is 2.86. The first-order valence-corrected chi connectivity index (χ1v) is 9.28. The van der Waals surface area contributed by atoms with Gasteiger partial charge in [0.25, 0.3) is 0 Å². The molecule has 1 heterocycles. The van der Waals surface area contributed by atoms with Gasteiger partial charge in [0.2, 0.25) is 0 Å². The number of aliphatic imine (C=N–C) groups is 1. The first-order chi connectivity index (χ1) is 13.1. The molecule has 0 amide bonds. The number of aryl methyl sites for hydroxylation is 2. The third kappa shape index (κ3) is 6.90. The zero-order valence-electron chi connectivity index (χ0n) is 17.5. The average molecular weight is 523 g/mol. The number of alkyl halides is 3. The Kier molecular flexibility index (Phi) is 9.44. The van der Waals surface area contributed by atoms with Crippen LogP contribution in [0.2, 0.25) is 0 Å². The van der Waals surface area contributed by atoms with Gasteiger partial charge in [0.05, 0.1) is 11.3 Å². The number of benzene rings is 1. The lowest BCUT2D eigenvalue weighted by atomic mass is 10.1. The molecule has 0 saturated heterocycles. The predicted octanol–water partition coefficient (Wildman–Crippen LogP) is 4.31. The van der Waals surface area contributed by atoms with Crippen LogP contribution in [0.3, 0.4) is 0 Å². The van der Waals surface area contributed by atoms with Crippen LogP contribution < -0.4 is 5.32 Å². The van der Waals surface area contributed by atoms with Crippen LogP contribution in [0.5, 0.6) is 0 Å². The molecule has 0 atom stereocenters. The molecule has 0 aliphatic heterocycles. The number of rotatable bonds is 6. The van der Waals surface area contributed by atoms with Crippen molar-refractivity contribution < 1.29 is 13.2 Å². The Morgan fingerprint density at radius 3 is 2.31 bits per heavy atom. The Morgan fingerprint density at radius 1 is 1.21 bits per heavy atom. The van der Waals surface area contributed by atoms with E-state index in [1.807, 2.05) is 44.4 Å². The van der Waals surface area contributed by atoms with Gasteiger partial charge in [-0.1, -0.05) is 12.1 Å². The van der Waals surface area contributed by atoms with E-state index < -0.39 is 11.7 Å².